The van der Waals surface area contributed by atoms with Gasteiger partial charge in [-0.05, 0) is 67.9 Å². The average Bonchev–Trinajstić information content (AvgIpc) is 2.91. The number of Topliss-reactive ketones (excluding diaryl/α,β-unsaturated/α-hetero) is 1. The number of hydrogen-bond acceptors (Lipinski definition) is 6. The Balaban J connectivity index is 1.89. The molecule has 8 heteroatoms. The van der Waals surface area contributed by atoms with Crippen molar-refractivity contribution >= 4 is 29.5 Å². The van der Waals surface area contributed by atoms with Crippen molar-refractivity contribution in [1.82, 2.24) is 10.6 Å². The van der Waals surface area contributed by atoms with Gasteiger partial charge in [-0.15, -0.1) is 0 Å². The molecular weight excluding hydrogens is 498 g/mol. The van der Waals surface area contributed by atoms with E-state index in [2.05, 4.69) is 22.8 Å². The first kappa shape index (κ1) is 31.4. The Morgan fingerprint density at radius 3 is 2.16 bits per heavy atom. The second-order valence-corrected chi connectivity index (χ2v) is 10.9. The first-order chi connectivity index (χ1) is 18.4. The standard InChI is InChI=1S/C30H43N3O4S/c1-23(2)20-27(33-30(36)37-21-25-14-7-4-8-15-25)29(35)32-26(17-9-10-18-31)28(34)22-38-19-11-16-24-12-5-3-6-13-24/h3-8,12-15,23,26-27H,9-11,16-22,31H2,1-2H3,(H,32,35)(H,33,36)/t26-,27-/m0/s1. The van der Waals surface area contributed by atoms with Crippen LogP contribution in [0.25, 0.3) is 0 Å². The summed E-state index contributed by atoms with van der Waals surface area (Å²) >= 11 is 1.59. The number of benzene rings is 2. The molecule has 0 bridgehead atoms. The van der Waals surface area contributed by atoms with E-state index in [-0.39, 0.29) is 24.2 Å². The van der Waals surface area contributed by atoms with Gasteiger partial charge in [-0.2, -0.15) is 11.8 Å². The molecule has 0 aliphatic carbocycles. The second-order valence-electron chi connectivity index (χ2n) is 9.84. The molecule has 2 rings (SSSR count). The molecule has 0 aliphatic heterocycles. The maximum atomic E-state index is 13.2. The molecule has 38 heavy (non-hydrogen) atoms. The molecule has 7 nitrogen and oxygen atoms in total. The zero-order valence-electron chi connectivity index (χ0n) is 22.7. The molecule has 0 aromatic heterocycles. The molecule has 0 heterocycles. The summed E-state index contributed by atoms with van der Waals surface area (Å²) in [6.07, 6.45) is 3.79. The topological polar surface area (TPSA) is 111 Å². The van der Waals surface area contributed by atoms with Crippen LogP contribution in [-0.2, 0) is 27.4 Å². The van der Waals surface area contributed by atoms with Gasteiger partial charge in [-0.25, -0.2) is 4.79 Å². The number of unbranched alkanes of at least 4 members (excludes halogenated alkanes) is 1. The zero-order chi connectivity index (χ0) is 27.6. The number of alkyl carbamates (subject to hydrolysis) is 1. The maximum Gasteiger partial charge on any atom is 0.408 e. The van der Waals surface area contributed by atoms with Crippen molar-refractivity contribution < 1.29 is 19.1 Å². The van der Waals surface area contributed by atoms with Gasteiger partial charge in [0.15, 0.2) is 5.78 Å². The number of nitrogens with two attached hydrogens (primary N) is 1. The number of hydrogen-bond donors (Lipinski definition) is 3. The molecule has 2 atom stereocenters. The fraction of sp³-hybridized carbons (Fsp3) is 0.500. The fourth-order valence-corrected chi connectivity index (χ4v) is 4.88. The van der Waals surface area contributed by atoms with Crippen LogP contribution in [0, 0.1) is 5.92 Å². The minimum atomic E-state index is -0.790. The zero-order valence-corrected chi connectivity index (χ0v) is 23.5. The number of nitrogens with one attached hydrogen (secondary N) is 2. The number of carbonyl (C=O) groups is 3. The lowest BCUT2D eigenvalue weighted by Gasteiger charge is -2.24. The number of aryl methyl sites for hydroxylation is 1. The summed E-state index contributed by atoms with van der Waals surface area (Å²) in [7, 11) is 0. The van der Waals surface area contributed by atoms with E-state index in [0.29, 0.717) is 25.1 Å². The molecule has 4 N–H and O–H groups in total. The molecule has 0 aliphatic rings. The molecule has 208 valence electrons. The van der Waals surface area contributed by atoms with Gasteiger partial charge in [0.25, 0.3) is 0 Å². The molecule has 0 spiro atoms. The Labute approximate surface area is 231 Å². The minimum absolute atomic E-state index is 0.00460. The lowest BCUT2D eigenvalue weighted by atomic mass is 10.0. The van der Waals surface area contributed by atoms with Gasteiger partial charge in [0, 0.05) is 0 Å². The molecule has 0 unspecified atom stereocenters. The van der Waals surface area contributed by atoms with Crippen LogP contribution in [-0.4, -0.2) is 47.9 Å². The monoisotopic (exact) mass is 541 g/mol. The second kappa shape index (κ2) is 18.4. The van der Waals surface area contributed by atoms with Gasteiger partial charge in [0.05, 0.1) is 11.8 Å². The highest BCUT2D eigenvalue weighted by atomic mass is 32.2. The van der Waals surface area contributed by atoms with Crippen molar-refractivity contribution in [2.45, 2.75) is 71.1 Å². The Bertz CT molecular complexity index is 956. The third-order valence-corrected chi connectivity index (χ3v) is 7.09. The quantitative estimate of drug-likeness (QED) is 0.232. The van der Waals surface area contributed by atoms with E-state index in [1.807, 2.05) is 62.4 Å². The summed E-state index contributed by atoms with van der Waals surface area (Å²) in [5, 5.41) is 5.61. The summed E-state index contributed by atoms with van der Waals surface area (Å²) in [6.45, 7) is 4.61. The summed E-state index contributed by atoms with van der Waals surface area (Å²) in [5.74, 6) is 0.996. The largest absolute Gasteiger partial charge is 0.445 e. The molecule has 0 radical (unpaired) electrons. The predicted molar refractivity (Wildman–Crippen MR) is 155 cm³/mol. The Hall–Kier alpha value is -2.84. The van der Waals surface area contributed by atoms with Crippen molar-refractivity contribution in [1.29, 1.82) is 0 Å². The van der Waals surface area contributed by atoms with Gasteiger partial charge in [-0.1, -0.05) is 74.5 Å². The van der Waals surface area contributed by atoms with Crippen molar-refractivity contribution in [2.75, 3.05) is 18.1 Å². The third kappa shape index (κ3) is 13.1. The van der Waals surface area contributed by atoms with Gasteiger partial charge >= 0.3 is 6.09 Å². The van der Waals surface area contributed by atoms with Crippen LogP contribution in [0.1, 0.15) is 57.1 Å². The first-order valence-corrected chi connectivity index (χ1v) is 14.7. The molecule has 0 fully saturated rings. The summed E-state index contributed by atoms with van der Waals surface area (Å²) in [5.41, 5.74) is 7.79. The maximum absolute atomic E-state index is 13.2. The van der Waals surface area contributed by atoms with E-state index in [4.69, 9.17) is 10.5 Å². The van der Waals surface area contributed by atoms with Gasteiger partial charge in [0.1, 0.15) is 12.6 Å². The highest BCUT2D eigenvalue weighted by molar-refractivity contribution is 7.99. The highest BCUT2D eigenvalue weighted by Crippen LogP contribution is 2.13. The number of ether oxygens (including phenoxy) is 1. The van der Waals surface area contributed by atoms with Crippen LogP contribution in [0.15, 0.2) is 60.7 Å². The van der Waals surface area contributed by atoms with E-state index >= 15 is 0 Å². The third-order valence-electron chi connectivity index (χ3n) is 6.02. The van der Waals surface area contributed by atoms with Gasteiger partial charge in [-0.3, -0.25) is 9.59 Å². The fourth-order valence-electron chi connectivity index (χ4n) is 3.99. The number of carbonyl (C=O) groups excluding carboxylic acids is 3. The first-order valence-electron chi connectivity index (χ1n) is 13.5. The molecular formula is C30H43N3O4S. The van der Waals surface area contributed by atoms with E-state index in [1.165, 1.54) is 5.56 Å². The SMILES string of the molecule is CC(C)C[C@H](NC(=O)OCc1ccccc1)C(=O)N[C@@H](CCCCN)C(=O)CSCCCc1ccccc1. The molecule has 0 saturated carbocycles. The van der Waals surface area contributed by atoms with Crippen LogP contribution in [0.2, 0.25) is 0 Å². The molecule has 2 amide bonds. The number of ketones is 1. The number of thioether (sulfide) groups is 1. The molecule has 0 saturated heterocycles. The van der Waals surface area contributed by atoms with Crippen molar-refractivity contribution in [2.24, 2.45) is 11.7 Å². The number of rotatable bonds is 18. The molecule has 2 aromatic rings. The summed E-state index contributed by atoms with van der Waals surface area (Å²) in [4.78, 5) is 38.7. The van der Waals surface area contributed by atoms with E-state index in [1.54, 1.807) is 11.8 Å². The van der Waals surface area contributed by atoms with Crippen LogP contribution < -0.4 is 16.4 Å². The average molecular weight is 542 g/mol. The summed E-state index contributed by atoms with van der Waals surface area (Å²) in [6, 6.07) is 18.3. The van der Waals surface area contributed by atoms with E-state index < -0.39 is 18.2 Å². The van der Waals surface area contributed by atoms with E-state index in [0.717, 1.165) is 37.0 Å². The normalized spacial score (nSPS) is 12.5. The Kier molecular flexibility index (Phi) is 15.2. The minimum Gasteiger partial charge on any atom is -0.445 e. The summed E-state index contributed by atoms with van der Waals surface area (Å²) < 4.78 is 5.32. The lowest BCUT2D eigenvalue weighted by Crippen LogP contribution is -2.52. The van der Waals surface area contributed by atoms with Crippen LogP contribution in [0.4, 0.5) is 4.79 Å². The molecule has 2 aromatic carbocycles. The number of amides is 2. The Morgan fingerprint density at radius 1 is 0.868 bits per heavy atom. The lowest BCUT2D eigenvalue weighted by molar-refractivity contribution is -0.128. The van der Waals surface area contributed by atoms with Crippen molar-refractivity contribution in [3.8, 4) is 0 Å². The van der Waals surface area contributed by atoms with E-state index in [9.17, 15) is 14.4 Å². The predicted octanol–water partition coefficient (Wildman–Crippen LogP) is 4.88. The smallest absolute Gasteiger partial charge is 0.408 e. The van der Waals surface area contributed by atoms with Crippen LogP contribution in [0.3, 0.4) is 0 Å². The van der Waals surface area contributed by atoms with Crippen molar-refractivity contribution in [3.05, 3.63) is 71.8 Å². The van der Waals surface area contributed by atoms with Crippen LogP contribution >= 0.6 is 11.8 Å². The van der Waals surface area contributed by atoms with Crippen molar-refractivity contribution in [3.63, 3.8) is 0 Å². The van der Waals surface area contributed by atoms with Crippen LogP contribution in [0.5, 0.6) is 0 Å². The highest BCUT2D eigenvalue weighted by Gasteiger charge is 2.27. The van der Waals surface area contributed by atoms with Gasteiger partial charge in [0.2, 0.25) is 5.91 Å². The van der Waals surface area contributed by atoms with Gasteiger partial charge < -0.3 is 21.1 Å². The Morgan fingerprint density at radius 2 is 1.53 bits per heavy atom.